The van der Waals surface area contributed by atoms with Crippen LogP contribution in [0.1, 0.15) is 32.1 Å². The Morgan fingerprint density at radius 2 is 1.72 bits per heavy atom. The van der Waals surface area contributed by atoms with Gasteiger partial charge in [0.05, 0.1) is 13.2 Å². The van der Waals surface area contributed by atoms with Crippen molar-refractivity contribution in [2.75, 3.05) is 39.4 Å². The molecule has 5 heteroatoms. The van der Waals surface area contributed by atoms with Crippen molar-refractivity contribution in [3.8, 4) is 0 Å². The predicted molar refractivity (Wildman–Crippen MR) is 98.0 cm³/mol. The van der Waals surface area contributed by atoms with Gasteiger partial charge in [-0.1, -0.05) is 0 Å². The Labute approximate surface area is 154 Å². The molecule has 4 fully saturated rings. The molecule has 136 valence electrons. The fourth-order valence-electron chi connectivity index (χ4n) is 5.29. The lowest BCUT2D eigenvalue weighted by molar-refractivity contribution is -0.198. The first-order valence-corrected chi connectivity index (χ1v) is 10.4. The lowest BCUT2D eigenvalue weighted by atomic mass is 9.75. The number of hydrogen-bond acceptors (Lipinski definition) is 4. The summed E-state index contributed by atoms with van der Waals surface area (Å²) in [5.74, 6) is -0.153. The van der Waals surface area contributed by atoms with Gasteiger partial charge >= 0.3 is 0 Å². The zero-order valence-corrected chi connectivity index (χ0v) is 15.6. The Hall–Kier alpha value is -0.620. The number of likely N-dealkylation sites (tertiary alicyclic amines) is 1. The third-order valence-corrected chi connectivity index (χ3v) is 8.02. The molecule has 5 rings (SSSR count). The molecule has 3 nitrogen and oxygen atoms in total. The van der Waals surface area contributed by atoms with Crippen molar-refractivity contribution in [1.82, 2.24) is 9.21 Å². The molecule has 3 heterocycles. The van der Waals surface area contributed by atoms with Crippen molar-refractivity contribution in [2.24, 2.45) is 10.8 Å². The van der Waals surface area contributed by atoms with Crippen LogP contribution >= 0.6 is 11.9 Å². The molecule has 4 aliphatic rings. The van der Waals surface area contributed by atoms with Gasteiger partial charge in [-0.2, -0.15) is 0 Å². The van der Waals surface area contributed by atoms with E-state index in [1.807, 2.05) is 12.1 Å². The number of piperidine rings is 1. The maximum Gasteiger partial charge on any atom is 0.123 e. The van der Waals surface area contributed by atoms with Crippen molar-refractivity contribution in [2.45, 2.75) is 43.0 Å². The second-order valence-corrected chi connectivity index (χ2v) is 9.94. The highest BCUT2D eigenvalue weighted by molar-refractivity contribution is 7.97. The van der Waals surface area contributed by atoms with E-state index < -0.39 is 0 Å². The molecule has 0 N–H and O–H groups in total. The largest absolute Gasteiger partial charge is 0.380 e. The quantitative estimate of drug-likeness (QED) is 0.760. The highest BCUT2D eigenvalue weighted by Gasteiger charge is 2.53. The van der Waals surface area contributed by atoms with Gasteiger partial charge in [0.15, 0.2) is 0 Å². The first-order valence-electron chi connectivity index (χ1n) is 9.64. The maximum absolute atomic E-state index is 13.0. The average Bonchev–Trinajstić information content (AvgIpc) is 2.93. The average molecular weight is 363 g/mol. The minimum Gasteiger partial charge on any atom is -0.380 e. The Balaban J connectivity index is 1.12. The molecule has 1 aliphatic carbocycles. The maximum atomic E-state index is 13.0. The van der Waals surface area contributed by atoms with Gasteiger partial charge in [0, 0.05) is 42.5 Å². The van der Waals surface area contributed by atoms with Crippen LogP contribution in [0.15, 0.2) is 29.2 Å². The Bertz CT molecular complexity index is 617. The SMILES string of the molecule is Fc1ccc(SN2CCC3(CCC(N4CC5(COC5)C4)C3)CC2)cc1. The summed E-state index contributed by atoms with van der Waals surface area (Å²) in [6, 6.07) is 7.71. The van der Waals surface area contributed by atoms with Crippen molar-refractivity contribution >= 4 is 11.9 Å². The van der Waals surface area contributed by atoms with Gasteiger partial charge in [-0.15, -0.1) is 0 Å². The smallest absolute Gasteiger partial charge is 0.123 e. The summed E-state index contributed by atoms with van der Waals surface area (Å²) in [7, 11) is 0. The number of benzene rings is 1. The van der Waals surface area contributed by atoms with E-state index in [4.69, 9.17) is 4.74 Å². The monoisotopic (exact) mass is 362 g/mol. The van der Waals surface area contributed by atoms with E-state index in [9.17, 15) is 4.39 Å². The van der Waals surface area contributed by atoms with Crippen LogP contribution in [0.3, 0.4) is 0 Å². The van der Waals surface area contributed by atoms with E-state index in [-0.39, 0.29) is 5.82 Å². The van der Waals surface area contributed by atoms with Crippen LogP contribution in [0.5, 0.6) is 0 Å². The van der Waals surface area contributed by atoms with Crippen LogP contribution in [-0.2, 0) is 4.74 Å². The molecule has 25 heavy (non-hydrogen) atoms. The third-order valence-electron chi connectivity index (χ3n) is 6.92. The Kier molecular flexibility index (Phi) is 4.12. The zero-order chi connectivity index (χ0) is 16.9. The first kappa shape index (κ1) is 16.5. The predicted octanol–water partition coefficient (Wildman–Crippen LogP) is 3.80. The minimum atomic E-state index is -0.153. The lowest BCUT2D eigenvalue weighted by Crippen LogP contribution is -2.67. The topological polar surface area (TPSA) is 15.7 Å². The molecule has 0 bridgehead atoms. The van der Waals surface area contributed by atoms with E-state index >= 15 is 0 Å². The summed E-state index contributed by atoms with van der Waals surface area (Å²) in [5, 5.41) is 0. The molecule has 3 saturated heterocycles. The Morgan fingerprint density at radius 1 is 1.00 bits per heavy atom. The van der Waals surface area contributed by atoms with E-state index in [1.165, 1.54) is 45.2 Å². The Morgan fingerprint density at radius 3 is 2.36 bits per heavy atom. The van der Waals surface area contributed by atoms with Gasteiger partial charge in [0.1, 0.15) is 5.82 Å². The van der Waals surface area contributed by atoms with Crippen LogP contribution in [0.4, 0.5) is 4.39 Å². The van der Waals surface area contributed by atoms with Crippen molar-refractivity contribution < 1.29 is 9.13 Å². The fraction of sp³-hybridized carbons (Fsp3) is 0.700. The second kappa shape index (κ2) is 6.22. The molecule has 0 aromatic heterocycles. The minimum absolute atomic E-state index is 0.153. The summed E-state index contributed by atoms with van der Waals surface area (Å²) >= 11 is 1.79. The molecule has 1 atom stereocenters. The molecule has 1 aromatic carbocycles. The summed E-state index contributed by atoms with van der Waals surface area (Å²) in [6.45, 7) is 6.87. The third kappa shape index (κ3) is 3.14. The summed E-state index contributed by atoms with van der Waals surface area (Å²) < 4.78 is 20.9. The molecule has 0 radical (unpaired) electrons. The van der Waals surface area contributed by atoms with Crippen LogP contribution in [0, 0.1) is 16.6 Å². The number of ether oxygens (including phenoxy) is 1. The number of hydrogen-bond donors (Lipinski definition) is 0. The molecule has 1 unspecified atom stereocenters. The van der Waals surface area contributed by atoms with Crippen molar-refractivity contribution in [3.05, 3.63) is 30.1 Å². The molecule has 0 amide bonds. The van der Waals surface area contributed by atoms with Gasteiger partial charge in [-0.05, 0) is 73.7 Å². The van der Waals surface area contributed by atoms with E-state index in [0.29, 0.717) is 10.8 Å². The highest BCUT2D eigenvalue weighted by Crippen LogP contribution is 2.51. The van der Waals surface area contributed by atoms with Gasteiger partial charge in [-0.3, -0.25) is 4.90 Å². The number of nitrogens with zero attached hydrogens (tertiary/aromatic N) is 2. The number of halogens is 1. The standard InChI is InChI=1S/C20H27FN2OS/c21-16-1-3-18(4-2-16)25-23-9-7-19(8-10-23)6-5-17(11-19)22-12-20(13-22)14-24-15-20/h1-4,17H,5-15H2. The van der Waals surface area contributed by atoms with Crippen LogP contribution in [0.2, 0.25) is 0 Å². The molecule has 1 aromatic rings. The molecular weight excluding hydrogens is 335 g/mol. The van der Waals surface area contributed by atoms with Gasteiger partial charge in [-0.25, -0.2) is 8.70 Å². The van der Waals surface area contributed by atoms with Gasteiger partial charge in [0.2, 0.25) is 0 Å². The second-order valence-electron chi connectivity index (χ2n) is 8.77. The van der Waals surface area contributed by atoms with Gasteiger partial charge in [0.25, 0.3) is 0 Å². The fourth-order valence-corrected chi connectivity index (χ4v) is 6.21. The van der Waals surface area contributed by atoms with E-state index in [0.717, 1.165) is 37.2 Å². The molecule has 2 spiro atoms. The summed E-state index contributed by atoms with van der Waals surface area (Å²) in [5.41, 5.74) is 1.13. The molecular formula is C20H27FN2OS. The lowest BCUT2D eigenvalue weighted by Gasteiger charge is -2.57. The van der Waals surface area contributed by atoms with Crippen molar-refractivity contribution in [1.29, 1.82) is 0 Å². The first-order chi connectivity index (χ1) is 12.1. The highest BCUT2D eigenvalue weighted by atomic mass is 32.2. The van der Waals surface area contributed by atoms with Gasteiger partial charge < -0.3 is 4.74 Å². The van der Waals surface area contributed by atoms with Crippen LogP contribution in [0.25, 0.3) is 0 Å². The molecule has 1 saturated carbocycles. The zero-order valence-electron chi connectivity index (χ0n) is 14.8. The van der Waals surface area contributed by atoms with E-state index in [1.54, 1.807) is 24.1 Å². The summed E-state index contributed by atoms with van der Waals surface area (Å²) in [6.07, 6.45) is 6.84. The normalized spacial score (nSPS) is 31.2. The van der Waals surface area contributed by atoms with E-state index in [2.05, 4.69) is 9.21 Å². The van der Waals surface area contributed by atoms with Crippen molar-refractivity contribution in [3.63, 3.8) is 0 Å². The van der Waals surface area contributed by atoms with Crippen LogP contribution < -0.4 is 0 Å². The summed E-state index contributed by atoms with van der Waals surface area (Å²) in [4.78, 5) is 3.88. The molecule has 3 aliphatic heterocycles. The van der Waals surface area contributed by atoms with Crippen LogP contribution in [-0.4, -0.2) is 54.6 Å². The number of rotatable bonds is 3.